The van der Waals surface area contributed by atoms with E-state index >= 15 is 0 Å². The van der Waals surface area contributed by atoms with Gasteiger partial charge in [0.2, 0.25) is 0 Å². The van der Waals surface area contributed by atoms with Gasteiger partial charge in [-0.25, -0.2) is 4.79 Å². The van der Waals surface area contributed by atoms with E-state index in [-0.39, 0.29) is 11.9 Å². The van der Waals surface area contributed by atoms with Gasteiger partial charge in [-0.05, 0) is 68.5 Å². The summed E-state index contributed by atoms with van der Waals surface area (Å²) in [5.41, 5.74) is 4.44. The molecule has 35 heavy (non-hydrogen) atoms. The Balaban J connectivity index is 1.29. The lowest BCUT2D eigenvalue weighted by Crippen LogP contribution is -2.42. The van der Waals surface area contributed by atoms with Gasteiger partial charge in [0, 0.05) is 18.7 Å². The third-order valence-corrected chi connectivity index (χ3v) is 6.29. The Kier molecular flexibility index (Phi) is 7.75. The second-order valence-corrected chi connectivity index (χ2v) is 9.04. The molecule has 2 amide bonds. The van der Waals surface area contributed by atoms with Gasteiger partial charge in [-0.3, -0.25) is 5.32 Å². The van der Waals surface area contributed by atoms with Crippen LogP contribution in [-0.2, 0) is 0 Å². The maximum Gasteiger partial charge on any atom is 0.323 e. The van der Waals surface area contributed by atoms with E-state index in [1.165, 1.54) is 11.1 Å². The number of hydrogen-bond acceptors (Lipinski definition) is 5. The topological polar surface area (TPSA) is 76.8 Å². The summed E-state index contributed by atoms with van der Waals surface area (Å²) in [5.74, 6) is 3.12. The first-order chi connectivity index (χ1) is 16.9. The van der Waals surface area contributed by atoms with E-state index in [2.05, 4.69) is 29.5 Å². The monoisotopic (exact) mass is 475 g/mol. The molecule has 0 radical (unpaired) electrons. The zero-order valence-corrected chi connectivity index (χ0v) is 20.8. The number of carbonyl (C=O) groups excluding carboxylic acids is 1. The van der Waals surface area contributed by atoms with Crippen LogP contribution in [-0.4, -0.2) is 42.4 Å². The summed E-state index contributed by atoms with van der Waals surface area (Å²) in [5, 5.41) is 6.80. The molecule has 0 bridgehead atoms. The minimum Gasteiger partial charge on any atom is -0.490 e. The zero-order chi connectivity index (χ0) is 24.8. The number of likely N-dealkylation sites (tertiary alicyclic amines) is 1. The van der Waals surface area contributed by atoms with Crippen molar-refractivity contribution < 1.29 is 18.8 Å². The molecule has 1 atom stereocenters. The fourth-order valence-electron chi connectivity index (χ4n) is 4.10. The van der Waals surface area contributed by atoms with Crippen LogP contribution in [0.2, 0.25) is 0 Å². The van der Waals surface area contributed by atoms with Crippen molar-refractivity contribution in [2.24, 2.45) is 5.92 Å². The number of benzene rings is 2. The molecule has 4 rings (SSSR count). The largest absolute Gasteiger partial charge is 0.490 e. The Morgan fingerprint density at radius 1 is 1.11 bits per heavy atom. The number of ether oxygens (including phenoxy) is 2. The summed E-state index contributed by atoms with van der Waals surface area (Å²) in [7, 11) is 0. The van der Waals surface area contributed by atoms with Crippen LogP contribution in [0.5, 0.6) is 11.5 Å². The highest BCUT2D eigenvalue weighted by molar-refractivity contribution is 5.89. The number of anilines is 1. The first-order valence-corrected chi connectivity index (χ1v) is 12.0. The smallest absolute Gasteiger partial charge is 0.323 e. The first-order valence-electron chi connectivity index (χ1n) is 12.0. The Hall–Kier alpha value is -3.74. The van der Waals surface area contributed by atoms with Crippen molar-refractivity contribution in [1.82, 2.24) is 10.1 Å². The number of aryl methyl sites for hydroxylation is 2. The minimum atomic E-state index is -0.143. The van der Waals surface area contributed by atoms with Crippen LogP contribution in [0.4, 0.5) is 10.6 Å². The molecule has 1 aliphatic heterocycles. The van der Waals surface area contributed by atoms with E-state index in [4.69, 9.17) is 14.0 Å². The number of rotatable bonds is 7. The molecule has 184 valence electrons. The summed E-state index contributed by atoms with van der Waals surface area (Å²) < 4.78 is 16.8. The lowest BCUT2D eigenvalue weighted by Gasteiger charge is -2.33. The molecule has 1 N–H and O–H groups in total. The standard InChI is InChI=1S/C28H33N3O4/c1-19-7-5-9-25(15-19)33-13-14-34-26-10-6-8-23(17-26)16-24-11-12-31(18-20(24)2)28(32)29-27-21(3)22(4)35-30-27/h5-10,15-17,20H,11-14,18H2,1-4H3,(H,29,30,32)/b24-16+. The maximum atomic E-state index is 12.7. The Morgan fingerprint density at radius 2 is 1.83 bits per heavy atom. The number of hydrogen-bond donors (Lipinski definition) is 1. The third kappa shape index (κ3) is 6.44. The number of nitrogens with zero attached hydrogens (tertiary/aromatic N) is 2. The van der Waals surface area contributed by atoms with E-state index in [0.29, 0.717) is 37.9 Å². The second kappa shape index (κ2) is 11.1. The number of piperidine rings is 1. The van der Waals surface area contributed by atoms with Crippen LogP contribution in [0.3, 0.4) is 0 Å². The van der Waals surface area contributed by atoms with Crippen molar-refractivity contribution in [3.63, 3.8) is 0 Å². The van der Waals surface area contributed by atoms with Gasteiger partial charge >= 0.3 is 6.03 Å². The average Bonchev–Trinajstić information content (AvgIpc) is 3.15. The summed E-state index contributed by atoms with van der Waals surface area (Å²) in [4.78, 5) is 14.5. The molecule has 7 nitrogen and oxygen atoms in total. The van der Waals surface area contributed by atoms with Gasteiger partial charge in [0.25, 0.3) is 0 Å². The highest BCUT2D eigenvalue weighted by Crippen LogP contribution is 2.27. The molecule has 1 aromatic heterocycles. The number of carbonyl (C=O) groups is 1. The summed E-state index contributed by atoms with van der Waals surface area (Å²) in [6, 6.07) is 15.9. The van der Waals surface area contributed by atoms with Crippen LogP contribution < -0.4 is 14.8 Å². The molecular weight excluding hydrogens is 442 g/mol. The minimum absolute atomic E-state index is 0.143. The lowest BCUT2D eigenvalue weighted by molar-refractivity contribution is 0.197. The predicted octanol–water partition coefficient (Wildman–Crippen LogP) is 6.01. The molecule has 2 heterocycles. The molecule has 0 spiro atoms. The van der Waals surface area contributed by atoms with Crippen LogP contribution in [0.1, 0.15) is 35.8 Å². The Morgan fingerprint density at radius 3 is 2.49 bits per heavy atom. The number of urea groups is 1. The fourth-order valence-corrected chi connectivity index (χ4v) is 4.10. The molecular formula is C28H33N3O4. The number of nitrogens with one attached hydrogen (secondary N) is 1. The molecule has 1 saturated heterocycles. The van der Waals surface area contributed by atoms with E-state index in [1.807, 2.05) is 68.1 Å². The molecule has 1 unspecified atom stereocenters. The van der Waals surface area contributed by atoms with E-state index < -0.39 is 0 Å². The van der Waals surface area contributed by atoms with Crippen molar-refractivity contribution in [3.8, 4) is 11.5 Å². The van der Waals surface area contributed by atoms with E-state index in [1.54, 1.807) is 0 Å². The number of amides is 2. The molecule has 1 aliphatic rings. The lowest BCUT2D eigenvalue weighted by atomic mass is 9.91. The fraction of sp³-hybridized carbons (Fsp3) is 0.357. The van der Waals surface area contributed by atoms with Crippen LogP contribution in [0.15, 0.2) is 58.6 Å². The van der Waals surface area contributed by atoms with Gasteiger partial charge in [0.05, 0.1) is 0 Å². The van der Waals surface area contributed by atoms with Crippen molar-refractivity contribution in [2.45, 2.75) is 34.1 Å². The molecule has 0 aliphatic carbocycles. The van der Waals surface area contributed by atoms with Crippen molar-refractivity contribution in [3.05, 3.63) is 76.6 Å². The zero-order valence-electron chi connectivity index (χ0n) is 20.8. The first kappa shape index (κ1) is 24.4. The van der Waals surface area contributed by atoms with E-state index in [9.17, 15) is 4.79 Å². The predicted molar refractivity (Wildman–Crippen MR) is 137 cm³/mol. The Labute approximate surface area is 206 Å². The quantitative estimate of drug-likeness (QED) is 0.423. The summed E-state index contributed by atoms with van der Waals surface area (Å²) in [6.07, 6.45) is 3.03. The SMILES string of the molecule is Cc1cccc(OCCOc2cccc(/C=C3\CCN(C(=O)Nc4noc(C)c4C)CC3C)c2)c1. The van der Waals surface area contributed by atoms with Gasteiger partial charge in [-0.15, -0.1) is 0 Å². The van der Waals surface area contributed by atoms with Crippen LogP contribution in [0.25, 0.3) is 6.08 Å². The van der Waals surface area contributed by atoms with Crippen molar-refractivity contribution in [1.29, 1.82) is 0 Å². The van der Waals surface area contributed by atoms with Gasteiger partial charge in [-0.1, -0.05) is 48.0 Å². The normalized spacial score (nSPS) is 16.9. The number of aromatic nitrogens is 1. The highest BCUT2D eigenvalue weighted by atomic mass is 16.5. The Bertz CT molecular complexity index is 1200. The second-order valence-electron chi connectivity index (χ2n) is 9.04. The molecule has 0 saturated carbocycles. The maximum absolute atomic E-state index is 12.7. The van der Waals surface area contributed by atoms with Gasteiger partial charge in [0.15, 0.2) is 5.82 Å². The van der Waals surface area contributed by atoms with Crippen molar-refractivity contribution in [2.75, 3.05) is 31.6 Å². The average molecular weight is 476 g/mol. The van der Waals surface area contributed by atoms with Crippen LogP contribution in [0, 0.1) is 26.7 Å². The van der Waals surface area contributed by atoms with Gasteiger partial charge in [-0.2, -0.15) is 0 Å². The summed E-state index contributed by atoms with van der Waals surface area (Å²) >= 11 is 0. The summed E-state index contributed by atoms with van der Waals surface area (Å²) in [6.45, 7) is 10.2. The van der Waals surface area contributed by atoms with Gasteiger partial charge in [0.1, 0.15) is 30.5 Å². The van der Waals surface area contributed by atoms with Gasteiger partial charge < -0.3 is 18.9 Å². The van der Waals surface area contributed by atoms with E-state index in [0.717, 1.165) is 29.0 Å². The molecule has 3 aromatic rings. The molecule has 2 aromatic carbocycles. The van der Waals surface area contributed by atoms with Crippen molar-refractivity contribution >= 4 is 17.9 Å². The molecule has 1 fully saturated rings. The molecule has 7 heteroatoms. The highest BCUT2D eigenvalue weighted by Gasteiger charge is 2.25. The third-order valence-electron chi connectivity index (χ3n) is 6.29. The van der Waals surface area contributed by atoms with Crippen LogP contribution >= 0.6 is 0 Å².